The number of anilines is 1. The van der Waals surface area contributed by atoms with Crippen LogP contribution in [-0.4, -0.2) is 57.5 Å². The number of benzene rings is 3. The molecule has 0 aliphatic heterocycles. The molecule has 1 heterocycles. The molecule has 13 nitrogen and oxygen atoms in total. The van der Waals surface area contributed by atoms with Crippen molar-refractivity contribution in [2.45, 2.75) is 51.9 Å². The summed E-state index contributed by atoms with van der Waals surface area (Å²) in [7, 11) is 0. The van der Waals surface area contributed by atoms with E-state index in [-0.39, 0.29) is 39.2 Å². The Kier molecular flexibility index (Phi) is 13.2. The third-order valence-corrected chi connectivity index (χ3v) is 7.65. The van der Waals surface area contributed by atoms with Crippen LogP contribution >= 0.6 is 23.2 Å². The number of carbonyl (C=O) groups is 5. The number of halogens is 3. The first kappa shape index (κ1) is 39.2. The van der Waals surface area contributed by atoms with Gasteiger partial charge in [0.05, 0.1) is 28.2 Å². The standard InChI is InChI=1S/C36H34Cl2FN5O8/c1-36(2,3)52-30(47)16-26(28(45)20-51-34(49)31-24(37)10-7-11-25(31)38)42-29(46)19-44-32(22-12-14-23(39)15-13-22)40-18-27(33(44)48)43-35(50)41-17-21-8-5-4-6-9-21/h4-15,18,26H,16-17,19-20H2,1-3H3,(H,42,46)(H2,41,43,50)/t26-/m0/s1. The molecule has 1 atom stereocenters. The molecule has 272 valence electrons. The Bertz CT molecular complexity index is 2000. The second-order valence-electron chi connectivity index (χ2n) is 12.2. The van der Waals surface area contributed by atoms with Gasteiger partial charge in [-0.05, 0) is 62.7 Å². The van der Waals surface area contributed by atoms with Crippen LogP contribution in [0.5, 0.6) is 0 Å². The van der Waals surface area contributed by atoms with Crippen LogP contribution in [0.25, 0.3) is 11.4 Å². The molecule has 3 amide bonds. The lowest BCUT2D eigenvalue weighted by Crippen LogP contribution is -2.47. The molecule has 3 aromatic carbocycles. The summed E-state index contributed by atoms with van der Waals surface area (Å²) in [5, 5.41) is 7.39. The van der Waals surface area contributed by atoms with E-state index < -0.39 is 72.3 Å². The molecule has 16 heteroatoms. The van der Waals surface area contributed by atoms with Crippen LogP contribution in [0, 0.1) is 5.82 Å². The van der Waals surface area contributed by atoms with Crippen molar-refractivity contribution in [2.24, 2.45) is 0 Å². The molecule has 0 fully saturated rings. The van der Waals surface area contributed by atoms with Crippen LogP contribution in [-0.2, 0) is 36.9 Å². The summed E-state index contributed by atoms with van der Waals surface area (Å²) in [6, 6.07) is 15.9. The Morgan fingerprint density at radius 3 is 2.21 bits per heavy atom. The number of Topliss-reactive ketones (excluding diaryl/α,β-unsaturated/α-hetero) is 1. The quantitative estimate of drug-likeness (QED) is 0.153. The van der Waals surface area contributed by atoms with E-state index in [9.17, 15) is 33.2 Å². The highest BCUT2D eigenvalue weighted by atomic mass is 35.5. The molecule has 0 unspecified atom stereocenters. The largest absolute Gasteiger partial charge is 0.460 e. The van der Waals surface area contributed by atoms with Gasteiger partial charge in [-0.25, -0.2) is 19.0 Å². The second-order valence-corrected chi connectivity index (χ2v) is 13.1. The first-order chi connectivity index (χ1) is 24.6. The number of urea groups is 1. The Morgan fingerprint density at radius 1 is 0.923 bits per heavy atom. The third-order valence-electron chi connectivity index (χ3n) is 7.02. The minimum absolute atomic E-state index is 0.0232. The molecule has 4 aromatic rings. The molecule has 3 N–H and O–H groups in total. The van der Waals surface area contributed by atoms with Crippen LogP contribution in [0.4, 0.5) is 14.9 Å². The van der Waals surface area contributed by atoms with Gasteiger partial charge in [0.15, 0.2) is 12.4 Å². The second kappa shape index (κ2) is 17.6. The molecular weight excluding hydrogens is 720 g/mol. The number of esters is 2. The summed E-state index contributed by atoms with van der Waals surface area (Å²) < 4.78 is 25.1. The number of amides is 3. The Balaban J connectivity index is 1.58. The SMILES string of the molecule is CC(C)(C)OC(=O)C[C@H](NC(=O)Cn1c(-c2ccc(F)cc2)ncc(NC(=O)NCc2ccccc2)c1=O)C(=O)COC(=O)c1c(Cl)cccc1Cl. The van der Waals surface area contributed by atoms with Crippen molar-refractivity contribution in [1.29, 1.82) is 0 Å². The van der Waals surface area contributed by atoms with Gasteiger partial charge in [-0.1, -0.05) is 59.6 Å². The van der Waals surface area contributed by atoms with Gasteiger partial charge in [-0.15, -0.1) is 0 Å². The number of ether oxygens (including phenoxy) is 2. The van der Waals surface area contributed by atoms with Crippen LogP contribution in [0.15, 0.2) is 83.8 Å². The summed E-state index contributed by atoms with van der Waals surface area (Å²) in [4.78, 5) is 83.0. The van der Waals surface area contributed by atoms with Gasteiger partial charge in [0.2, 0.25) is 5.91 Å². The summed E-state index contributed by atoms with van der Waals surface area (Å²) in [6.45, 7) is 3.30. The van der Waals surface area contributed by atoms with E-state index in [1.54, 1.807) is 45.0 Å². The van der Waals surface area contributed by atoms with Crippen molar-refractivity contribution < 1.29 is 37.8 Å². The Morgan fingerprint density at radius 2 is 1.58 bits per heavy atom. The van der Waals surface area contributed by atoms with Crippen molar-refractivity contribution in [2.75, 3.05) is 11.9 Å². The van der Waals surface area contributed by atoms with E-state index in [0.29, 0.717) is 0 Å². The molecule has 0 saturated carbocycles. The van der Waals surface area contributed by atoms with Crippen LogP contribution in [0.2, 0.25) is 10.0 Å². The number of hydrogen-bond donors (Lipinski definition) is 3. The van der Waals surface area contributed by atoms with E-state index in [0.717, 1.165) is 28.5 Å². The first-order valence-corrected chi connectivity index (χ1v) is 16.5. The van der Waals surface area contributed by atoms with Gasteiger partial charge < -0.3 is 25.4 Å². The van der Waals surface area contributed by atoms with Crippen LogP contribution in [0.3, 0.4) is 0 Å². The fraction of sp³-hybridized carbons (Fsp3) is 0.250. The van der Waals surface area contributed by atoms with Crippen molar-refractivity contribution in [3.63, 3.8) is 0 Å². The molecule has 4 rings (SSSR count). The minimum Gasteiger partial charge on any atom is -0.460 e. The van der Waals surface area contributed by atoms with Gasteiger partial charge >= 0.3 is 18.0 Å². The van der Waals surface area contributed by atoms with Crippen LogP contribution < -0.4 is 21.5 Å². The lowest BCUT2D eigenvalue weighted by molar-refractivity contribution is -0.156. The number of aromatic nitrogens is 2. The monoisotopic (exact) mass is 753 g/mol. The number of rotatable bonds is 13. The maximum atomic E-state index is 13.7. The molecule has 0 bridgehead atoms. The number of ketones is 1. The van der Waals surface area contributed by atoms with Gasteiger partial charge in [0.25, 0.3) is 5.56 Å². The number of nitrogens with zero attached hydrogens (tertiary/aromatic N) is 2. The normalized spacial score (nSPS) is 11.6. The Labute approximate surface area is 307 Å². The molecule has 0 aliphatic rings. The minimum atomic E-state index is -1.58. The predicted molar refractivity (Wildman–Crippen MR) is 190 cm³/mol. The summed E-state index contributed by atoms with van der Waals surface area (Å²) in [6.07, 6.45) is 0.430. The summed E-state index contributed by atoms with van der Waals surface area (Å²) in [5.41, 5.74) is -1.23. The maximum Gasteiger partial charge on any atom is 0.341 e. The van der Waals surface area contributed by atoms with Gasteiger partial charge in [0.1, 0.15) is 35.5 Å². The van der Waals surface area contributed by atoms with Crippen molar-refractivity contribution in [1.82, 2.24) is 20.2 Å². The average Bonchev–Trinajstić information content (AvgIpc) is 3.08. The Hall–Kier alpha value is -5.60. The molecular formula is C36H34Cl2FN5O8. The zero-order valence-corrected chi connectivity index (χ0v) is 29.7. The molecule has 0 aliphatic carbocycles. The van der Waals surface area contributed by atoms with Crippen LogP contribution in [0.1, 0.15) is 43.1 Å². The predicted octanol–water partition coefficient (Wildman–Crippen LogP) is 5.32. The topological polar surface area (TPSA) is 175 Å². The molecule has 52 heavy (non-hydrogen) atoms. The van der Waals surface area contributed by atoms with E-state index >= 15 is 0 Å². The molecule has 0 radical (unpaired) electrons. The third kappa shape index (κ3) is 11.2. The maximum absolute atomic E-state index is 13.7. The van der Waals surface area contributed by atoms with E-state index in [1.165, 1.54) is 30.3 Å². The van der Waals surface area contributed by atoms with Gasteiger partial charge in [-0.2, -0.15) is 0 Å². The zero-order valence-electron chi connectivity index (χ0n) is 28.2. The molecule has 0 saturated heterocycles. The highest BCUT2D eigenvalue weighted by molar-refractivity contribution is 6.39. The lowest BCUT2D eigenvalue weighted by atomic mass is 10.1. The lowest BCUT2D eigenvalue weighted by Gasteiger charge is -2.23. The number of nitrogens with one attached hydrogen (secondary N) is 3. The van der Waals surface area contributed by atoms with Gasteiger partial charge in [-0.3, -0.25) is 23.7 Å². The number of carbonyl (C=O) groups excluding carboxylic acids is 5. The van der Waals surface area contributed by atoms with Crippen molar-refractivity contribution in [3.8, 4) is 11.4 Å². The van der Waals surface area contributed by atoms with Gasteiger partial charge in [0, 0.05) is 12.1 Å². The van der Waals surface area contributed by atoms with Crippen molar-refractivity contribution >= 4 is 58.5 Å². The average molecular weight is 755 g/mol. The zero-order chi connectivity index (χ0) is 38.0. The van der Waals surface area contributed by atoms with Crippen molar-refractivity contribution in [3.05, 3.63) is 116 Å². The summed E-state index contributed by atoms with van der Waals surface area (Å²) in [5.74, 6) is -4.36. The molecule has 1 aromatic heterocycles. The number of hydrogen-bond acceptors (Lipinski definition) is 9. The fourth-order valence-electron chi connectivity index (χ4n) is 4.68. The van der Waals surface area contributed by atoms with E-state index in [4.69, 9.17) is 32.7 Å². The smallest absolute Gasteiger partial charge is 0.341 e. The fourth-order valence-corrected chi connectivity index (χ4v) is 5.23. The summed E-state index contributed by atoms with van der Waals surface area (Å²) >= 11 is 12.1. The molecule has 0 spiro atoms. The highest BCUT2D eigenvalue weighted by Gasteiger charge is 2.29. The van der Waals surface area contributed by atoms with E-state index in [2.05, 4.69) is 20.9 Å². The first-order valence-electron chi connectivity index (χ1n) is 15.7. The highest BCUT2D eigenvalue weighted by Crippen LogP contribution is 2.25. The van der Waals surface area contributed by atoms with E-state index in [1.807, 2.05) is 6.07 Å².